The summed E-state index contributed by atoms with van der Waals surface area (Å²) >= 11 is 0. The van der Waals surface area contributed by atoms with Crippen LogP contribution in [0.4, 0.5) is 0 Å². The monoisotopic (exact) mass is 984 g/mol. The molecule has 0 unspecified atom stereocenters. The summed E-state index contributed by atoms with van der Waals surface area (Å²) < 4.78 is 0. The second kappa shape index (κ2) is 28.6. The highest BCUT2D eigenvalue weighted by Gasteiger charge is 2.35. The maximum absolute atomic E-state index is 14.1. The molecule has 0 saturated heterocycles. The SMILES string of the molecule is CC(C)C[C@H](NC(=O)[C@@H](NC(=O)[C@@H](N)CCC(=O)O)C(C)C)C(=O)N[C@@H](Cc1ccc(O)cc1)C(=O)N[C@@H](CC(=O)O)C(=O)N[C@@H](C)C(=O)N[C@@H](CCC(=O)O)C(=O)N[C@@H](Cc1ccccc1)C(=O)O. The van der Waals surface area contributed by atoms with Crippen molar-refractivity contribution in [3.8, 4) is 5.75 Å². The molecule has 0 saturated carbocycles. The zero-order valence-corrected chi connectivity index (χ0v) is 39.4. The molecule has 384 valence electrons. The quantitative estimate of drug-likeness (QED) is 0.0442. The van der Waals surface area contributed by atoms with Crippen LogP contribution in [-0.4, -0.2) is 139 Å². The number of hydrogen-bond acceptors (Lipinski definition) is 13. The van der Waals surface area contributed by atoms with Crippen LogP contribution in [0.15, 0.2) is 54.6 Å². The largest absolute Gasteiger partial charge is 0.508 e. The Morgan fingerprint density at radius 1 is 0.486 bits per heavy atom. The number of rotatable bonds is 30. The van der Waals surface area contributed by atoms with Gasteiger partial charge in [-0.25, -0.2) is 4.79 Å². The number of phenols is 1. The van der Waals surface area contributed by atoms with Gasteiger partial charge in [-0.05, 0) is 61.3 Å². The zero-order chi connectivity index (χ0) is 52.8. The first-order valence-corrected chi connectivity index (χ1v) is 22.4. The second-order valence-electron chi connectivity index (χ2n) is 17.4. The van der Waals surface area contributed by atoms with Crippen molar-refractivity contribution in [2.45, 2.75) is 134 Å². The molecule has 0 radical (unpaired) electrons. The fourth-order valence-corrected chi connectivity index (χ4v) is 6.71. The first-order chi connectivity index (χ1) is 32.8. The van der Waals surface area contributed by atoms with E-state index < -0.39 is 145 Å². The standard InChI is InChI=1S/C46H64N8O16/c1-23(2)19-31(52-45(68)38(24(3)4)54-40(63)29(47)15-17-35(56)57)43(66)50-32(20-27-11-13-28(55)14-12-27)44(67)51-33(22-37(60)61)42(65)48-25(5)39(62)49-30(16-18-36(58)59)41(64)53-34(46(69)70)21-26-9-7-6-8-10-26/h6-14,23-25,29-34,38,55H,15-22,47H2,1-5H3,(H,48,65)(H,49,62)(H,50,66)(H,51,67)(H,52,68)(H,53,64)(H,54,63)(H,56,57)(H,58,59)(H,60,61)(H,69,70)/t25-,29-,30-,31-,32-,33-,34-,38-/m0/s1. The summed E-state index contributed by atoms with van der Waals surface area (Å²) in [4.78, 5) is 141. The average Bonchev–Trinajstić information content (AvgIpc) is 3.27. The lowest BCUT2D eigenvalue weighted by molar-refractivity contribution is -0.143. The van der Waals surface area contributed by atoms with Crippen LogP contribution in [0.1, 0.15) is 84.3 Å². The van der Waals surface area contributed by atoms with Crippen molar-refractivity contribution in [3.63, 3.8) is 0 Å². The molecule has 8 atom stereocenters. The first kappa shape index (κ1) is 58.5. The van der Waals surface area contributed by atoms with Crippen molar-refractivity contribution in [2.75, 3.05) is 0 Å². The van der Waals surface area contributed by atoms with Gasteiger partial charge in [-0.1, -0.05) is 70.2 Å². The van der Waals surface area contributed by atoms with Gasteiger partial charge in [-0.2, -0.15) is 0 Å². The Kier molecular flexibility index (Phi) is 23.9. The van der Waals surface area contributed by atoms with Gasteiger partial charge in [-0.15, -0.1) is 0 Å². The summed E-state index contributed by atoms with van der Waals surface area (Å²) in [6, 6.07) is 1.63. The number of carbonyl (C=O) groups is 11. The number of benzene rings is 2. The summed E-state index contributed by atoms with van der Waals surface area (Å²) in [5.74, 6) is -13.5. The van der Waals surface area contributed by atoms with E-state index in [1.54, 1.807) is 58.0 Å². The van der Waals surface area contributed by atoms with Crippen LogP contribution in [-0.2, 0) is 65.6 Å². The maximum Gasteiger partial charge on any atom is 0.326 e. The molecule has 0 fully saturated rings. The van der Waals surface area contributed by atoms with Gasteiger partial charge < -0.3 is 68.5 Å². The fourth-order valence-electron chi connectivity index (χ4n) is 6.71. The van der Waals surface area contributed by atoms with Crippen LogP contribution in [0.2, 0.25) is 0 Å². The zero-order valence-electron chi connectivity index (χ0n) is 39.4. The minimum absolute atomic E-state index is 0.00133. The molecule has 2 aromatic carbocycles. The molecule has 0 spiro atoms. The topological polar surface area (TPSA) is 399 Å². The molecule has 2 rings (SSSR count). The highest BCUT2D eigenvalue weighted by Crippen LogP contribution is 2.14. The number of carbonyl (C=O) groups excluding carboxylic acids is 7. The predicted octanol–water partition coefficient (Wildman–Crippen LogP) is -1.09. The second-order valence-corrected chi connectivity index (χ2v) is 17.4. The Bertz CT molecular complexity index is 2170. The van der Waals surface area contributed by atoms with Gasteiger partial charge in [0, 0.05) is 25.7 Å². The van der Waals surface area contributed by atoms with Crippen LogP contribution >= 0.6 is 0 Å². The average molecular weight is 985 g/mol. The van der Waals surface area contributed by atoms with Gasteiger partial charge in [0.2, 0.25) is 41.4 Å². The molecule has 14 N–H and O–H groups in total. The van der Waals surface area contributed by atoms with Gasteiger partial charge in [-0.3, -0.25) is 47.9 Å². The van der Waals surface area contributed by atoms with E-state index in [1.165, 1.54) is 24.3 Å². The summed E-state index contributed by atoms with van der Waals surface area (Å²) in [5.41, 5.74) is 6.76. The van der Waals surface area contributed by atoms with Crippen molar-refractivity contribution in [2.24, 2.45) is 17.6 Å². The molecule has 7 amide bonds. The summed E-state index contributed by atoms with van der Waals surface area (Å²) in [5, 5.41) is 64.4. The minimum atomic E-state index is -1.91. The normalized spacial score (nSPS) is 14.5. The molecule has 0 aromatic heterocycles. The molecule has 0 aliphatic rings. The van der Waals surface area contributed by atoms with Gasteiger partial charge in [0.05, 0.1) is 12.5 Å². The summed E-state index contributed by atoms with van der Waals surface area (Å²) in [7, 11) is 0. The van der Waals surface area contributed by atoms with Gasteiger partial charge in [0.1, 0.15) is 48.0 Å². The highest BCUT2D eigenvalue weighted by molar-refractivity contribution is 5.98. The Hall–Kier alpha value is -7.63. The van der Waals surface area contributed by atoms with E-state index in [0.717, 1.165) is 6.92 Å². The Balaban J connectivity index is 2.36. The molecule has 0 aliphatic heterocycles. The maximum atomic E-state index is 14.1. The van der Waals surface area contributed by atoms with E-state index in [2.05, 4.69) is 37.2 Å². The lowest BCUT2D eigenvalue weighted by atomic mass is 9.98. The lowest BCUT2D eigenvalue weighted by Gasteiger charge is -2.28. The van der Waals surface area contributed by atoms with Crippen molar-refractivity contribution < 1.29 is 78.3 Å². The third kappa shape index (κ3) is 21.1. The van der Waals surface area contributed by atoms with Crippen LogP contribution in [0.5, 0.6) is 5.75 Å². The number of aliphatic carboxylic acids is 4. The van der Waals surface area contributed by atoms with Crippen LogP contribution < -0.4 is 43.0 Å². The summed E-state index contributed by atoms with van der Waals surface area (Å²) in [6.07, 6.45) is -3.29. The minimum Gasteiger partial charge on any atom is -0.508 e. The van der Waals surface area contributed by atoms with E-state index in [-0.39, 0.29) is 37.4 Å². The molecular weight excluding hydrogens is 921 g/mol. The third-order valence-corrected chi connectivity index (χ3v) is 10.5. The molecule has 0 bridgehead atoms. The van der Waals surface area contributed by atoms with E-state index in [4.69, 9.17) is 10.8 Å². The van der Waals surface area contributed by atoms with Crippen LogP contribution in [0.25, 0.3) is 0 Å². The number of nitrogens with one attached hydrogen (secondary N) is 7. The number of hydrogen-bond donors (Lipinski definition) is 13. The Labute approximate surface area is 403 Å². The highest BCUT2D eigenvalue weighted by atomic mass is 16.4. The third-order valence-electron chi connectivity index (χ3n) is 10.5. The van der Waals surface area contributed by atoms with E-state index in [0.29, 0.717) is 11.1 Å². The number of amides is 7. The van der Waals surface area contributed by atoms with E-state index in [1.807, 2.05) is 0 Å². The molecule has 0 aliphatic carbocycles. The van der Waals surface area contributed by atoms with Crippen molar-refractivity contribution in [3.05, 3.63) is 65.7 Å². The van der Waals surface area contributed by atoms with Gasteiger partial charge >= 0.3 is 23.9 Å². The van der Waals surface area contributed by atoms with Crippen molar-refractivity contribution in [1.82, 2.24) is 37.2 Å². The lowest BCUT2D eigenvalue weighted by Crippen LogP contribution is -2.61. The Morgan fingerprint density at radius 3 is 1.50 bits per heavy atom. The van der Waals surface area contributed by atoms with Crippen LogP contribution in [0.3, 0.4) is 0 Å². The molecular formula is C46H64N8O16. The molecule has 70 heavy (non-hydrogen) atoms. The number of nitrogens with two attached hydrogens (primary N) is 1. The van der Waals surface area contributed by atoms with E-state index >= 15 is 0 Å². The predicted molar refractivity (Wildman–Crippen MR) is 247 cm³/mol. The smallest absolute Gasteiger partial charge is 0.326 e. The number of aromatic hydroxyl groups is 1. The van der Waals surface area contributed by atoms with E-state index in [9.17, 15) is 73.2 Å². The fraction of sp³-hybridized carbons (Fsp3) is 0.500. The van der Waals surface area contributed by atoms with Gasteiger partial charge in [0.25, 0.3) is 0 Å². The van der Waals surface area contributed by atoms with Crippen LogP contribution in [0, 0.1) is 11.8 Å². The van der Waals surface area contributed by atoms with Gasteiger partial charge in [0.15, 0.2) is 0 Å². The van der Waals surface area contributed by atoms with Crippen molar-refractivity contribution in [1.29, 1.82) is 0 Å². The molecule has 2 aromatic rings. The molecule has 24 nitrogen and oxygen atoms in total. The number of carboxylic acid groups (broad SMARTS) is 4. The number of phenolic OH excluding ortho intramolecular Hbond substituents is 1. The summed E-state index contributed by atoms with van der Waals surface area (Å²) in [6.45, 7) is 7.81. The van der Waals surface area contributed by atoms with Crippen molar-refractivity contribution >= 4 is 65.2 Å². The Morgan fingerprint density at radius 2 is 0.957 bits per heavy atom. The molecule has 0 heterocycles. The molecule has 24 heteroatoms. The number of carboxylic acids is 4. The first-order valence-electron chi connectivity index (χ1n) is 22.4.